The molecule has 1 nitrogen and oxygen atoms in total. The van der Waals surface area contributed by atoms with Crippen molar-refractivity contribution in [1.29, 1.82) is 0 Å². The number of hydrogen-bond acceptors (Lipinski definition) is 1. The van der Waals surface area contributed by atoms with Crippen LogP contribution in [0.25, 0.3) is 0 Å². The average Bonchev–Trinajstić information content (AvgIpc) is 1.97. The van der Waals surface area contributed by atoms with Crippen molar-refractivity contribution in [2.45, 2.75) is 37.0 Å². The van der Waals surface area contributed by atoms with E-state index in [0.717, 1.165) is 13.2 Å². The fraction of sp³-hybridized carbons (Fsp3) is 1.00. The molecule has 0 aliphatic heterocycles. The Hall–Kier alpha value is 0.759. The van der Waals surface area contributed by atoms with Gasteiger partial charge in [-0.25, -0.2) is 0 Å². The summed E-state index contributed by atoms with van der Waals surface area (Å²) in [5, 5.41) is 0. The Morgan fingerprint density at radius 1 is 1.10 bits per heavy atom. The van der Waals surface area contributed by atoms with Gasteiger partial charge in [0, 0.05) is 0 Å². The predicted molar refractivity (Wildman–Crippen MR) is 45.5 cm³/mol. The normalized spacial score (nSPS) is 10.2. The first kappa shape index (κ1) is 10.8. The number of rotatable bonds is 7. The zero-order chi connectivity index (χ0) is 7.66. The minimum absolute atomic E-state index is 0.966. The summed E-state index contributed by atoms with van der Waals surface area (Å²) in [4.78, 5) is 0. The van der Waals surface area contributed by atoms with Gasteiger partial charge in [0.05, 0.1) is 0 Å². The summed E-state index contributed by atoms with van der Waals surface area (Å²) in [6, 6.07) is 0. The zero-order valence-corrected chi connectivity index (χ0v) is 9.71. The second-order valence-electron chi connectivity index (χ2n) is 2.42. The van der Waals surface area contributed by atoms with E-state index in [2.05, 4.69) is 6.92 Å². The van der Waals surface area contributed by atoms with Crippen LogP contribution < -0.4 is 0 Å². The minimum atomic E-state index is 0.966. The van der Waals surface area contributed by atoms with Crippen molar-refractivity contribution in [2.75, 3.05) is 13.2 Å². The molecule has 0 unspecified atom stereocenters. The van der Waals surface area contributed by atoms with E-state index in [-0.39, 0.29) is 0 Å². The Balaban J connectivity index is 2.65. The molecular formula is C8H17OSn. The van der Waals surface area contributed by atoms with Crippen LogP contribution in [0.3, 0.4) is 0 Å². The van der Waals surface area contributed by atoms with E-state index in [9.17, 15) is 0 Å². The summed E-state index contributed by atoms with van der Waals surface area (Å²) in [6.45, 7) is 4.14. The summed E-state index contributed by atoms with van der Waals surface area (Å²) in [7, 11) is 0. The molecule has 10 heavy (non-hydrogen) atoms. The van der Waals surface area contributed by atoms with Gasteiger partial charge in [-0.05, 0) is 0 Å². The Morgan fingerprint density at radius 3 is 2.40 bits per heavy atom. The molecule has 0 atom stereocenters. The molecule has 0 aliphatic carbocycles. The van der Waals surface area contributed by atoms with Crippen molar-refractivity contribution < 1.29 is 4.74 Å². The molecule has 0 aromatic carbocycles. The summed E-state index contributed by atoms with van der Waals surface area (Å²) in [5.41, 5.74) is 0. The van der Waals surface area contributed by atoms with Gasteiger partial charge in [0.2, 0.25) is 0 Å². The van der Waals surface area contributed by atoms with Crippen molar-refractivity contribution in [1.82, 2.24) is 0 Å². The number of ether oxygens (including phenoxy) is 1. The van der Waals surface area contributed by atoms with Crippen molar-refractivity contribution in [3.05, 3.63) is 0 Å². The van der Waals surface area contributed by atoms with Gasteiger partial charge in [0.25, 0.3) is 0 Å². The number of hydrogen-bond donors (Lipinski definition) is 0. The van der Waals surface area contributed by atoms with Crippen molar-refractivity contribution in [2.24, 2.45) is 0 Å². The van der Waals surface area contributed by atoms with Gasteiger partial charge >= 0.3 is 77.5 Å². The standard InChI is InChI=1S/C8H17O.Sn/c1-3-5-7-9-8-6-4-2;/h1,3-8H2,2H3;. The molecule has 0 rings (SSSR count). The Labute approximate surface area is 77.6 Å². The van der Waals surface area contributed by atoms with Crippen molar-refractivity contribution in [3.63, 3.8) is 0 Å². The zero-order valence-electron chi connectivity index (χ0n) is 6.86. The van der Waals surface area contributed by atoms with Gasteiger partial charge in [-0.2, -0.15) is 0 Å². The third-order valence-corrected chi connectivity index (χ3v) is 2.37. The second-order valence-corrected chi connectivity index (χ2v) is 3.85. The van der Waals surface area contributed by atoms with Crippen LogP contribution >= 0.6 is 0 Å². The first-order valence-corrected chi connectivity index (χ1v) is 6.16. The third kappa shape index (κ3) is 8.76. The fourth-order valence-corrected chi connectivity index (χ4v) is 1.39. The van der Waals surface area contributed by atoms with E-state index in [0.29, 0.717) is 0 Å². The summed E-state index contributed by atoms with van der Waals surface area (Å²) in [5.74, 6) is 0. The molecule has 2 heteroatoms. The summed E-state index contributed by atoms with van der Waals surface area (Å²) in [6.07, 6.45) is 5.08. The third-order valence-electron chi connectivity index (χ3n) is 1.36. The van der Waals surface area contributed by atoms with Crippen LogP contribution in [0.5, 0.6) is 0 Å². The van der Waals surface area contributed by atoms with Crippen LogP contribution in [0.4, 0.5) is 0 Å². The summed E-state index contributed by atoms with van der Waals surface area (Å²) >= 11 is 1.66. The van der Waals surface area contributed by atoms with E-state index < -0.39 is 0 Å². The molecule has 0 aliphatic rings. The van der Waals surface area contributed by atoms with E-state index in [4.69, 9.17) is 4.74 Å². The van der Waals surface area contributed by atoms with Gasteiger partial charge < -0.3 is 0 Å². The maximum absolute atomic E-state index is 5.39. The molecule has 0 bridgehead atoms. The van der Waals surface area contributed by atoms with Crippen LogP contribution in [0.15, 0.2) is 0 Å². The van der Waals surface area contributed by atoms with Gasteiger partial charge in [-0.3, -0.25) is 0 Å². The van der Waals surface area contributed by atoms with Crippen LogP contribution in [-0.4, -0.2) is 35.7 Å². The molecule has 0 heterocycles. The molecule has 0 spiro atoms. The average molecular weight is 248 g/mol. The Kier molecular flexibility index (Phi) is 10.5. The first-order chi connectivity index (χ1) is 4.91. The summed E-state index contributed by atoms with van der Waals surface area (Å²) < 4.78 is 6.76. The first-order valence-electron chi connectivity index (χ1n) is 4.14. The molecule has 0 amide bonds. The van der Waals surface area contributed by atoms with E-state index in [1.807, 2.05) is 0 Å². The molecule has 0 aromatic heterocycles. The maximum atomic E-state index is 5.39. The molecule has 0 saturated heterocycles. The Bertz CT molecular complexity index is 49.2. The molecular weight excluding hydrogens is 231 g/mol. The number of unbranched alkanes of at least 4 members (excludes halogenated alkanes) is 2. The van der Waals surface area contributed by atoms with Crippen LogP contribution in [-0.2, 0) is 4.74 Å². The van der Waals surface area contributed by atoms with E-state index in [1.54, 1.807) is 22.5 Å². The fourth-order valence-electron chi connectivity index (χ4n) is 0.678. The van der Waals surface area contributed by atoms with Crippen molar-refractivity contribution >= 4 is 22.5 Å². The van der Waals surface area contributed by atoms with Crippen LogP contribution in [0.2, 0.25) is 4.44 Å². The van der Waals surface area contributed by atoms with E-state index in [1.165, 1.54) is 30.1 Å². The topological polar surface area (TPSA) is 9.23 Å². The van der Waals surface area contributed by atoms with Gasteiger partial charge in [-0.15, -0.1) is 0 Å². The van der Waals surface area contributed by atoms with Gasteiger partial charge in [0.15, 0.2) is 0 Å². The van der Waals surface area contributed by atoms with Crippen LogP contribution in [0.1, 0.15) is 32.6 Å². The molecule has 59 valence electrons. The van der Waals surface area contributed by atoms with Crippen LogP contribution in [0, 0.1) is 0 Å². The van der Waals surface area contributed by atoms with Gasteiger partial charge in [0.1, 0.15) is 0 Å². The van der Waals surface area contributed by atoms with E-state index >= 15 is 0 Å². The van der Waals surface area contributed by atoms with Gasteiger partial charge in [-0.1, -0.05) is 0 Å². The van der Waals surface area contributed by atoms with Crippen molar-refractivity contribution in [3.8, 4) is 0 Å². The molecule has 0 fully saturated rings. The quantitative estimate of drug-likeness (QED) is 0.495. The SMILES string of the molecule is CCCCOCCC[CH2][Sn]. The molecule has 0 saturated carbocycles. The Morgan fingerprint density at radius 2 is 1.80 bits per heavy atom. The second kappa shape index (κ2) is 9.76. The monoisotopic (exact) mass is 249 g/mol. The molecule has 3 radical (unpaired) electrons. The predicted octanol–water partition coefficient (Wildman–Crippen LogP) is 2.17. The molecule has 0 aromatic rings. The molecule has 0 N–H and O–H groups in total.